The number of benzene rings is 1. The minimum atomic E-state index is -3.68. The molecular formula is C13H11ClN4O2S. The number of nitrogens with zero attached hydrogens (tertiary/aromatic N) is 4. The first-order valence-electron chi connectivity index (χ1n) is 5.86. The lowest BCUT2D eigenvalue weighted by atomic mass is 10.1. The van der Waals surface area contributed by atoms with E-state index in [4.69, 9.17) is 16.9 Å². The lowest BCUT2D eigenvalue weighted by Crippen LogP contribution is -2.26. The van der Waals surface area contributed by atoms with Crippen molar-refractivity contribution in [1.29, 1.82) is 5.26 Å². The van der Waals surface area contributed by atoms with Crippen LogP contribution in [0.3, 0.4) is 0 Å². The standard InChI is InChI=1S/C13H11ClN4O2S/c1-18(9-11-4-2-10(6-15)3-5-11)21(19,20)12-7-16-13(14)17-8-12/h2-5,7-8H,9H2,1H3. The Kier molecular flexibility index (Phi) is 4.53. The van der Waals surface area contributed by atoms with E-state index in [-0.39, 0.29) is 16.7 Å². The van der Waals surface area contributed by atoms with Crippen molar-refractivity contribution >= 4 is 21.6 Å². The molecule has 6 nitrogen and oxygen atoms in total. The highest BCUT2D eigenvalue weighted by Crippen LogP contribution is 2.16. The van der Waals surface area contributed by atoms with Crippen LogP contribution in [0.15, 0.2) is 41.6 Å². The number of hydrogen-bond donors (Lipinski definition) is 0. The zero-order valence-electron chi connectivity index (χ0n) is 11.1. The van der Waals surface area contributed by atoms with E-state index in [1.165, 1.54) is 23.7 Å². The third-order valence-corrected chi connectivity index (χ3v) is 4.74. The molecule has 0 saturated heterocycles. The fraction of sp³-hybridized carbons (Fsp3) is 0.154. The second-order valence-corrected chi connectivity index (χ2v) is 6.64. The molecule has 1 aromatic heterocycles. The highest BCUT2D eigenvalue weighted by atomic mass is 35.5. The minimum Gasteiger partial charge on any atom is -0.225 e. The van der Waals surface area contributed by atoms with Crippen molar-refractivity contribution in [3.05, 3.63) is 53.1 Å². The maximum Gasteiger partial charge on any atom is 0.246 e. The van der Waals surface area contributed by atoms with Gasteiger partial charge < -0.3 is 0 Å². The highest BCUT2D eigenvalue weighted by Gasteiger charge is 2.21. The molecule has 0 aliphatic rings. The molecule has 2 rings (SSSR count). The first kappa shape index (κ1) is 15.4. The number of halogens is 1. The molecule has 0 atom stereocenters. The van der Waals surface area contributed by atoms with Crippen molar-refractivity contribution in [1.82, 2.24) is 14.3 Å². The molecule has 0 N–H and O–H groups in total. The van der Waals surface area contributed by atoms with E-state index in [0.717, 1.165) is 5.56 Å². The van der Waals surface area contributed by atoms with Crippen LogP contribution >= 0.6 is 11.6 Å². The van der Waals surface area contributed by atoms with E-state index >= 15 is 0 Å². The van der Waals surface area contributed by atoms with Crippen molar-refractivity contribution in [2.45, 2.75) is 11.4 Å². The number of aromatic nitrogens is 2. The Bertz CT molecular complexity index is 767. The van der Waals surface area contributed by atoms with Crippen LogP contribution in [0.2, 0.25) is 5.28 Å². The summed E-state index contributed by atoms with van der Waals surface area (Å²) in [6.45, 7) is 0.177. The van der Waals surface area contributed by atoms with E-state index in [9.17, 15) is 8.42 Å². The maximum atomic E-state index is 12.3. The lowest BCUT2D eigenvalue weighted by Gasteiger charge is -2.16. The fourth-order valence-corrected chi connectivity index (χ4v) is 2.79. The summed E-state index contributed by atoms with van der Waals surface area (Å²) < 4.78 is 25.8. The van der Waals surface area contributed by atoms with Gasteiger partial charge in [0.1, 0.15) is 4.90 Å². The van der Waals surface area contributed by atoms with E-state index in [0.29, 0.717) is 5.56 Å². The Morgan fingerprint density at radius 3 is 2.33 bits per heavy atom. The van der Waals surface area contributed by atoms with Crippen molar-refractivity contribution in [2.24, 2.45) is 0 Å². The Labute approximate surface area is 127 Å². The molecule has 1 aromatic carbocycles. The number of hydrogen-bond acceptors (Lipinski definition) is 5. The summed E-state index contributed by atoms with van der Waals surface area (Å²) in [5, 5.41) is 8.72. The molecule has 0 radical (unpaired) electrons. The molecule has 0 saturated carbocycles. The van der Waals surface area contributed by atoms with Gasteiger partial charge in [-0.25, -0.2) is 18.4 Å². The smallest absolute Gasteiger partial charge is 0.225 e. The largest absolute Gasteiger partial charge is 0.246 e. The number of sulfonamides is 1. The molecule has 0 amide bonds. The maximum absolute atomic E-state index is 12.3. The zero-order chi connectivity index (χ0) is 15.5. The van der Waals surface area contributed by atoms with Gasteiger partial charge in [0.05, 0.1) is 24.0 Å². The van der Waals surface area contributed by atoms with Gasteiger partial charge in [0.15, 0.2) is 0 Å². The van der Waals surface area contributed by atoms with Gasteiger partial charge in [-0.05, 0) is 29.3 Å². The second-order valence-electron chi connectivity index (χ2n) is 4.26. The van der Waals surface area contributed by atoms with Crippen molar-refractivity contribution in [3.8, 4) is 6.07 Å². The summed E-state index contributed by atoms with van der Waals surface area (Å²) in [7, 11) is -2.22. The van der Waals surface area contributed by atoms with Crippen molar-refractivity contribution in [2.75, 3.05) is 7.05 Å². The van der Waals surface area contributed by atoms with E-state index < -0.39 is 10.0 Å². The monoisotopic (exact) mass is 322 g/mol. The van der Waals surface area contributed by atoms with Gasteiger partial charge >= 0.3 is 0 Å². The molecule has 0 aliphatic carbocycles. The van der Waals surface area contributed by atoms with Crippen molar-refractivity contribution < 1.29 is 8.42 Å². The van der Waals surface area contributed by atoms with Gasteiger partial charge in [0.2, 0.25) is 15.3 Å². The van der Waals surface area contributed by atoms with Crippen LogP contribution in [0.5, 0.6) is 0 Å². The molecule has 2 aromatic rings. The molecule has 0 bridgehead atoms. The average molecular weight is 323 g/mol. The first-order valence-corrected chi connectivity index (χ1v) is 7.68. The van der Waals surface area contributed by atoms with Crippen LogP contribution in [0.1, 0.15) is 11.1 Å². The Hall–Kier alpha value is -2.01. The van der Waals surface area contributed by atoms with Gasteiger partial charge in [-0.2, -0.15) is 9.57 Å². The summed E-state index contributed by atoms with van der Waals surface area (Å²) in [4.78, 5) is 7.31. The van der Waals surface area contributed by atoms with Crippen LogP contribution < -0.4 is 0 Å². The molecule has 0 fully saturated rings. The van der Waals surface area contributed by atoms with Gasteiger partial charge in [0, 0.05) is 13.6 Å². The summed E-state index contributed by atoms with van der Waals surface area (Å²) in [5.74, 6) is 0. The molecular weight excluding hydrogens is 312 g/mol. The SMILES string of the molecule is CN(Cc1ccc(C#N)cc1)S(=O)(=O)c1cnc(Cl)nc1. The fourth-order valence-electron chi connectivity index (χ4n) is 1.64. The van der Waals surface area contributed by atoms with Gasteiger partial charge in [-0.1, -0.05) is 12.1 Å². The van der Waals surface area contributed by atoms with Crippen LogP contribution in [0.25, 0.3) is 0 Å². The minimum absolute atomic E-state index is 0.0105. The van der Waals surface area contributed by atoms with E-state index in [2.05, 4.69) is 9.97 Å². The Morgan fingerprint density at radius 2 is 1.81 bits per heavy atom. The van der Waals surface area contributed by atoms with Gasteiger partial charge in [0.25, 0.3) is 0 Å². The van der Waals surface area contributed by atoms with Gasteiger partial charge in [-0.3, -0.25) is 0 Å². The molecule has 0 aliphatic heterocycles. The number of rotatable bonds is 4. The summed E-state index contributed by atoms with van der Waals surface area (Å²) >= 11 is 5.54. The topological polar surface area (TPSA) is 87.0 Å². The average Bonchev–Trinajstić information content (AvgIpc) is 2.48. The summed E-state index contributed by atoms with van der Waals surface area (Å²) in [6, 6.07) is 8.71. The third kappa shape index (κ3) is 3.55. The van der Waals surface area contributed by atoms with Gasteiger partial charge in [-0.15, -0.1) is 0 Å². The second kappa shape index (κ2) is 6.18. The lowest BCUT2D eigenvalue weighted by molar-refractivity contribution is 0.466. The molecule has 108 valence electrons. The van der Waals surface area contributed by atoms with Crippen LogP contribution in [-0.4, -0.2) is 29.7 Å². The molecule has 21 heavy (non-hydrogen) atoms. The zero-order valence-corrected chi connectivity index (χ0v) is 12.6. The third-order valence-electron chi connectivity index (χ3n) is 2.79. The number of nitriles is 1. The van der Waals surface area contributed by atoms with Crippen LogP contribution in [-0.2, 0) is 16.6 Å². The predicted molar refractivity (Wildman–Crippen MR) is 76.9 cm³/mol. The first-order chi connectivity index (χ1) is 9.93. The molecule has 0 spiro atoms. The Morgan fingerprint density at radius 1 is 1.24 bits per heavy atom. The molecule has 0 unspecified atom stereocenters. The molecule has 8 heteroatoms. The van der Waals surface area contributed by atoms with E-state index in [1.54, 1.807) is 24.3 Å². The Balaban J connectivity index is 2.20. The quantitative estimate of drug-likeness (QED) is 0.801. The molecule has 1 heterocycles. The van der Waals surface area contributed by atoms with Crippen molar-refractivity contribution in [3.63, 3.8) is 0 Å². The summed E-state index contributed by atoms with van der Waals surface area (Å²) in [6.07, 6.45) is 2.33. The summed E-state index contributed by atoms with van der Waals surface area (Å²) in [5.41, 5.74) is 1.30. The van der Waals surface area contributed by atoms with Crippen LogP contribution in [0, 0.1) is 11.3 Å². The highest BCUT2D eigenvalue weighted by molar-refractivity contribution is 7.89. The predicted octanol–water partition coefficient (Wildman–Crippen LogP) is 1.82. The van der Waals surface area contributed by atoms with Crippen LogP contribution in [0.4, 0.5) is 0 Å². The van der Waals surface area contributed by atoms with E-state index in [1.807, 2.05) is 6.07 Å². The normalized spacial score (nSPS) is 11.3.